The Balaban J connectivity index is 2.55. The number of rotatable bonds is 1. The fraction of sp³-hybridized carbons (Fsp3) is 0. The standard InChI is InChI=1S/C5H6N4OS/c6-7-5(10)9-8-4-2-1-3-11-4/h1-3H,6H2,(H,7,10). The first-order chi connectivity index (χ1) is 5.33. The number of nitrogens with two attached hydrogens (primary N) is 1. The molecule has 0 aliphatic carbocycles. The Morgan fingerprint density at radius 3 is 3.09 bits per heavy atom. The molecule has 0 bridgehead atoms. The Labute approximate surface area is 66.9 Å². The summed E-state index contributed by atoms with van der Waals surface area (Å²) < 4.78 is 0. The van der Waals surface area contributed by atoms with Crippen LogP contribution in [0.25, 0.3) is 0 Å². The molecule has 2 amide bonds. The molecule has 0 unspecified atom stereocenters. The molecule has 0 aliphatic rings. The summed E-state index contributed by atoms with van der Waals surface area (Å²) in [5, 5.41) is 9.35. The van der Waals surface area contributed by atoms with Crippen molar-refractivity contribution in [2.24, 2.45) is 16.1 Å². The highest BCUT2D eigenvalue weighted by Crippen LogP contribution is 2.18. The van der Waals surface area contributed by atoms with Gasteiger partial charge in [-0.3, -0.25) is 5.43 Å². The summed E-state index contributed by atoms with van der Waals surface area (Å²) >= 11 is 1.39. The van der Waals surface area contributed by atoms with Crippen LogP contribution in [0.4, 0.5) is 9.80 Å². The number of thiophene rings is 1. The van der Waals surface area contributed by atoms with Gasteiger partial charge in [-0.15, -0.1) is 16.5 Å². The van der Waals surface area contributed by atoms with Gasteiger partial charge in [0.15, 0.2) is 0 Å². The Morgan fingerprint density at radius 2 is 2.55 bits per heavy atom. The van der Waals surface area contributed by atoms with Gasteiger partial charge in [-0.2, -0.15) is 0 Å². The van der Waals surface area contributed by atoms with Crippen LogP contribution >= 0.6 is 11.3 Å². The van der Waals surface area contributed by atoms with Gasteiger partial charge in [0.25, 0.3) is 0 Å². The lowest BCUT2D eigenvalue weighted by Crippen LogP contribution is -2.26. The third-order valence-electron chi connectivity index (χ3n) is 0.869. The van der Waals surface area contributed by atoms with Crippen molar-refractivity contribution in [3.63, 3.8) is 0 Å². The van der Waals surface area contributed by atoms with Gasteiger partial charge >= 0.3 is 6.03 Å². The quantitative estimate of drug-likeness (QED) is 0.289. The number of nitrogens with one attached hydrogen (secondary N) is 1. The second-order valence-electron chi connectivity index (χ2n) is 1.60. The molecule has 0 saturated heterocycles. The molecule has 1 aromatic heterocycles. The van der Waals surface area contributed by atoms with Crippen molar-refractivity contribution in [1.82, 2.24) is 5.43 Å². The Hall–Kier alpha value is -1.27. The lowest BCUT2D eigenvalue weighted by atomic mass is 10.6. The zero-order valence-corrected chi connectivity index (χ0v) is 6.34. The van der Waals surface area contributed by atoms with Gasteiger partial charge in [-0.05, 0) is 17.5 Å². The van der Waals surface area contributed by atoms with Crippen molar-refractivity contribution in [2.45, 2.75) is 0 Å². The number of hydrazine groups is 1. The molecule has 0 radical (unpaired) electrons. The van der Waals surface area contributed by atoms with E-state index >= 15 is 0 Å². The molecule has 3 N–H and O–H groups in total. The van der Waals surface area contributed by atoms with E-state index in [2.05, 4.69) is 10.2 Å². The van der Waals surface area contributed by atoms with E-state index < -0.39 is 6.03 Å². The molecule has 0 aromatic carbocycles. The van der Waals surface area contributed by atoms with Gasteiger partial charge in [0, 0.05) is 0 Å². The fourth-order valence-corrected chi connectivity index (χ4v) is 0.992. The van der Waals surface area contributed by atoms with Crippen molar-refractivity contribution >= 4 is 22.4 Å². The number of carbonyl (C=O) groups excluding carboxylic acids is 1. The molecule has 11 heavy (non-hydrogen) atoms. The van der Waals surface area contributed by atoms with Crippen LogP contribution in [0.2, 0.25) is 0 Å². The molecule has 0 spiro atoms. The van der Waals surface area contributed by atoms with Gasteiger partial charge in [-0.25, -0.2) is 10.6 Å². The van der Waals surface area contributed by atoms with E-state index in [1.165, 1.54) is 11.3 Å². The number of hydrogen-bond acceptors (Lipinski definition) is 4. The molecule has 58 valence electrons. The summed E-state index contributed by atoms with van der Waals surface area (Å²) in [7, 11) is 0. The number of hydrogen-bond donors (Lipinski definition) is 2. The van der Waals surface area contributed by atoms with Crippen molar-refractivity contribution < 1.29 is 4.79 Å². The van der Waals surface area contributed by atoms with Crippen LogP contribution in [0.5, 0.6) is 0 Å². The third-order valence-corrected chi connectivity index (χ3v) is 1.62. The lowest BCUT2D eigenvalue weighted by molar-refractivity contribution is 0.248. The molecule has 5 nitrogen and oxygen atoms in total. The summed E-state index contributed by atoms with van der Waals surface area (Å²) in [4.78, 5) is 10.4. The molecule has 0 fully saturated rings. The molecule has 6 heteroatoms. The van der Waals surface area contributed by atoms with E-state index in [0.717, 1.165) is 0 Å². The summed E-state index contributed by atoms with van der Waals surface area (Å²) in [6, 6.07) is 2.91. The van der Waals surface area contributed by atoms with E-state index in [1.54, 1.807) is 6.07 Å². The van der Waals surface area contributed by atoms with Crippen molar-refractivity contribution in [2.75, 3.05) is 0 Å². The zero-order valence-electron chi connectivity index (χ0n) is 5.52. The van der Waals surface area contributed by atoms with E-state index in [0.29, 0.717) is 5.00 Å². The molecule has 0 atom stereocenters. The van der Waals surface area contributed by atoms with Crippen molar-refractivity contribution in [3.05, 3.63) is 17.5 Å². The average Bonchev–Trinajstić information content (AvgIpc) is 2.52. The minimum Gasteiger partial charge on any atom is -0.273 e. The second kappa shape index (κ2) is 3.79. The van der Waals surface area contributed by atoms with Crippen LogP contribution in [0.15, 0.2) is 27.7 Å². The molecule has 0 aliphatic heterocycles. The summed E-state index contributed by atoms with van der Waals surface area (Å²) in [6.07, 6.45) is 0. The number of amides is 2. The highest BCUT2D eigenvalue weighted by molar-refractivity contribution is 7.13. The average molecular weight is 170 g/mol. The molecule has 1 heterocycles. The first-order valence-electron chi connectivity index (χ1n) is 2.79. The smallest absolute Gasteiger partial charge is 0.273 e. The van der Waals surface area contributed by atoms with Crippen molar-refractivity contribution in [1.29, 1.82) is 0 Å². The first-order valence-corrected chi connectivity index (χ1v) is 3.66. The normalized spacial score (nSPS) is 10.3. The lowest BCUT2D eigenvalue weighted by Gasteiger charge is -1.85. The largest absolute Gasteiger partial charge is 0.373 e. The minimum absolute atomic E-state index is 0.654. The van der Waals surface area contributed by atoms with Gasteiger partial charge in [-0.1, -0.05) is 5.11 Å². The van der Waals surface area contributed by atoms with E-state index in [9.17, 15) is 4.79 Å². The molecular formula is C5H6N4OS. The summed E-state index contributed by atoms with van der Waals surface area (Å²) in [5.74, 6) is 4.76. The van der Waals surface area contributed by atoms with Gasteiger partial charge in [0.2, 0.25) is 0 Å². The second-order valence-corrected chi connectivity index (χ2v) is 2.53. The monoisotopic (exact) mass is 170 g/mol. The van der Waals surface area contributed by atoms with Gasteiger partial charge < -0.3 is 0 Å². The topological polar surface area (TPSA) is 79.8 Å². The SMILES string of the molecule is NNC(=O)N=Nc1cccs1. The Morgan fingerprint density at radius 1 is 1.73 bits per heavy atom. The molecule has 0 saturated carbocycles. The minimum atomic E-state index is -0.654. The number of azo groups is 1. The highest BCUT2D eigenvalue weighted by atomic mass is 32.1. The Bertz CT molecular complexity index is 255. The summed E-state index contributed by atoms with van der Waals surface area (Å²) in [6.45, 7) is 0. The number of urea groups is 1. The van der Waals surface area contributed by atoms with Crippen LogP contribution in [-0.2, 0) is 0 Å². The van der Waals surface area contributed by atoms with E-state index in [1.807, 2.05) is 16.9 Å². The Kier molecular flexibility index (Phi) is 2.70. The number of carbonyl (C=O) groups is 1. The van der Waals surface area contributed by atoms with Gasteiger partial charge in [0.05, 0.1) is 0 Å². The van der Waals surface area contributed by atoms with Crippen LogP contribution in [0.1, 0.15) is 0 Å². The van der Waals surface area contributed by atoms with Gasteiger partial charge in [0.1, 0.15) is 5.00 Å². The predicted octanol–water partition coefficient (Wildman–Crippen LogP) is 1.42. The molecule has 1 rings (SSSR count). The van der Waals surface area contributed by atoms with Crippen LogP contribution in [0, 0.1) is 0 Å². The summed E-state index contributed by atoms with van der Waals surface area (Å²) in [5.41, 5.74) is 1.83. The molecule has 1 aromatic rings. The van der Waals surface area contributed by atoms with Crippen LogP contribution in [-0.4, -0.2) is 6.03 Å². The maximum Gasteiger partial charge on any atom is 0.373 e. The number of nitrogens with zero attached hydrogens (tertiary/aromatic N) is 2. The maximum atomic E-state index is 10.4. The molecular weight excluding hydrogens is 164 g/mol. The van der Waals surface area contributed by atoms with Crippen LogP contribution in [0.3, 0.4) is 0 Å². The third kappa shape index (κ3) is 2.44. The first kappa shape index (κ1) is 7.83. The maximum absolute atomic E-state index is 10.4. The van der Waals surface area contributed by atoms with E-state index in [4.69, 9.17) is 5.84 Å². The van der Waals surface area contributed by atoms with E-state index in [-0.39, 0.29) is 0 Å². The van der Waals surface area contributed by atoms with Crippen LogP contribution < -0.4 is 11.3 Å². The highest BCUT2D eigenvalue weighted by Gasteiger charge is 1.92. The fourth-order valence-electron chi connectivity index (χ4n) is 0.450. The van der Waals surface area contributed by atoms with Crippen molar-refractivity contribution in [3.8, 4) is 0 Å². The predicted molar refractivity (Wildman–Crippen MR) is 41.6 cm³/mol. The zero-order chi connectivity index (χ0) is 8.10.